The Morgan fingerprint density at radius 1 is 0.413 bits per heavy atom. The van der Waals surface area contributed by atoms with Gasteiger partial charge in [0.05, 0.1) is 11.4 Å². The fraction of sp³-hybridized carbons (Fsp3) is 0.101. The van der Waals surface area contributed by atoms with Crippen molar-refractivity contribution in [2.24, 2.45) is 0 Å². The Kier molecular flexibility index (Phi) is 10.2. The maximum absolute atomic E-state index is 6.90. The van der Waals surface area contributed by atoms with Crippen LogP contribution in [-0.2, 0) is 0 Å². The van der Waals surface area contributed by atoms with Crippen LogP contribution in [0.2, 0.25) is 0 Å². The lowest BCUT2D eigenvalue weighted by atomic mass is 10.0. The second-order valence-electron chi connectivity index (χ2n) is 20.5. The maximum atomic E-state index is 6.90. The average molecular weight is 973 g/mol. The second kappa shape index (κ2) is 17.2. The number of aryl methyl sites for hydroxylation is 1. The predicted molar refractivity (Wildman–Crippen MR) is 314 cm³/mol. The minimum Gasteiger partial charge on any atom is -0.454 e. The van der Waals surface area contributed by atoms with Gasteiger partial charge in [-0.2, -0.15) is 0 Å². The summed E-state index contributed by atoms with van der Waals surface area (Å²) in [6.07, 6.45) is 4.12. The van der Waals surface area contributed by atoms with Crippen molar-refractivity contribution in [1.29, 1.82) is 0 Å². The van der Waals surface area contributed by atoms with E-state index >= 15 is 0 Å². The van der Waals surface area contributed by atoms with Gasteiger partial charge in [0.2, 0.25) is 0 Å². The molecule has 14 rings (SSSR count). The Bertz CT molecular complexity index is 4630. The molecule has 4 aromatic heterocycles. The van der Waals surface area contributed by atoms with Crippen molar-refractivity contribution in [3.8, 4) is 0 Å². The summed E-state index contributed by atoms with van der Waals surface area (Å²) < 4.78 is 27.1. The Morgan fingerprint density at radius 3 is 1.53 bits per heavy atom. The van der Waals surface area contributed by atoms with Crippen molar-refractivity contribution in [3.05, 3.63) is 229 Å². The van der Waals surface area contributed by atoms with Crippen molar-refractivity contribution in [2.75, 3.05) is 9.80 Å². The van der Waals surface area contributed by atoms with Crippen LogP contribution in [0.4, 0.5) is 28.4 Å². The molecule has 0 N–H and O–H groups in total. The molecule has 10 aromatic carbocycles. The fourth-order valence-electron chi connectivity index (χ4n) is 11.3. The summed E-state index contributed by atoms with van der Waals surface area (Å²) in [4.78, 5) is 4.55. The molecule has 0 amide bonds. The molecule has 0 spiro atoms. The highest BCUT2D eigenvalue weighted by atomic mass is 16.4. The first-order valence-corrected chi connectivity index (χ1v) is 25.9. The van der Waals surface area contributed by atoms with Crippen molar-refractivity contribution < 1.29 is 17.7 Å². The molecule has 4 heterocycles. The van der Waals surface area contributed by atoms with Crippen LogP contribution in [0, 0.1) is 6.92 Å². The van der Waals surface area contributed by atoms with Crippen molar-refractivity contribution >= 4 is 133 Å². The second-order valence-corrected chi connectivity index (χ2v) is 20.5. The molecular formula is C69H52N2O4. The number of hydrogen-bond donors (Lipinski definition) is 0. The van der Waals surface area contributed by atoms with Crippen molar-refractivity contribution in [1.82, 2.24) is 0 Å². The molecule has 0 saturated carbocycles. The van der Waals surface area contributed by atoms with Gasteiger partial charge in [-0.3, -0.25) is 0 Å². The summed E-state index contributed by atoms with van der Waals surface area (Å²) >= 11 is 0. The van der Waals surface area contributed by atoms with E-state index in [2.05, 4.69) is 221 Å². The van der Waals surface area contributed by atoms with Crippen LogP contribution in [-0.4, -0.2) is 0 Å². The maximum Gasteiger partial charge on any atom is 0.178 e. The lowest BCUT2D eigenvalue weighted by Gasteiger charge is -2.27. The molecule has 0 radical (unpaired) electrons. The first kappa shape index (κ1) is 44.4. The molecule has 14 aromatic rings. The van der Waals surface area contributed by atoms with Gasteiger partial charge in [-0.15, -0.1) is 0 Å². The third kappa shape index (κ3) is 7.15. The molecule has 6 heteroatoms. The number of benzene rings is 10. The van der Waals surface area contributed by atoms with Gasteiger partial charge >= 0.3 is 0 Å². The van der Waals surface area contributed by atoms with Crippen LogP contribution in [0.15, 0.2) is 224 Å². The number of furan rings is 4. The molecule has 0 saturated heterocycles. The van der Waals surface area contributed by atoms with Gasteiger partial charge in [-0.1, -0.05) is 125 Å². The summed E-state index contributed by atoms with van der Waals surface area (Å²) in [6.45, 7) is 15.4. The van der Waals surface area contributed by atoms with E-state index in [1.165, 1.54) is 11.1 Å². The molecular weight excluding hydrogens is 921 g/mol. The van der Waals surface area contributed by atoms with Gasteiger partial charge in [0, 0.05) is 65.8 Å². The molecule has 0 fully saturated rings. The highest BCUT2D eigenvalue weighted by Gasteiger charge is 2.24. The molecule has 75 heavy (non-hydrogen) atoms. The van der Waals surface area contributed by atoms with Gasteiger partial charge in [0.15, 0.2) is 22.3 Å². The fourth-order valence-corrected chi connectivity index (χ4v) is 11.3. The number of anilines is 5. The van der Waals surface area contributed by atoms with Gasteiger partial charge < -0.3 is 27.5 Å². The van der Waals surface area contributed by atoms with Gasteiger partial charge in [-0.05, 0) is 161 Å². The minimum absolute atomic E-state index is 0.403. The monoisotopic (exact) mass is 972 g/mol. The van der Waals surface area contributed by atoms with E-state index in [0.717, 1.165) is 144 Å². The molecule has 0 atom stereocenters. The third-order valence-corrected chi connectivity index (χ3v) is 15.3. The zero-order valence-electron chi connectivity index (χ0n) is 42.4. The van der Waals surface area contributed by atoms with Crippen molar-refractivity contribution in [2.45, 2.75) is 46.5 Å². The van der Waals surface area contributed by atoms with Crippen LogP contribution in [0.5, 0.6) is 0 Å². The normalized spacial score (nSPS) is 12.4. The summed E-state index contributed by atoms with van der Waals surface area (Å²) in [6, 6.07) is 66.8. The Morgan fingerprint density at radius 2 is 0.920 bits per heavy atom. The summed E-state index contributed by atoms with van der Waals surface area (Å²) in [5.41, 5.74) is 17.0. The number of hydrogen-bond acceptors (Lipinski definition) is 6. The molecule has 0 aliphatic rings. The molecule has 6 nitrogen and oxygen atoms in total. The van der Waals surface area contributed by atoms with Crippen LogP contribution >= 0.6 is 0 Å². The zero-order valence-corrected chi connectivity index (χ0v) is 42.4. The molecule has 362 valence electrons. The number of rotatable bonds is 10. The van der Waals surface area contributed by atoms with Crippen LogP contribution in [0.25, 0.3) is 105 Å². The van der Waals surface area contributed by atoms with E-state index in [0.29, 0.717) is 11.8 Å². The molecule has 0 aliphatic carbocycles. The summed E-state index contributed by atoms with van der Waals surface area (Å²) in [7, 11) is 0. The molecule has 0 bridgehead atoms. The number of fused-ring (bicyclic) bond motifs is 14. The highest BCUT2D eigenvalue weighted by Crippen LogP contribution is 2.46. The number of nitrogens with zero attached hydrogens (tertiary/aromatic N) is 2. The van der Waals surface area contributed by atoms with Gasteiger partial charge in [0.25, 0.3) is 0 Å². The predicted octanol–water partition coefficient (Wildman–Crippen LogP) is 20.8. The first-order valence-electron chi connectivity index (χ1n) is 25.9. The standard InChI is InChI=1S/C69H52N2O4/c1-7-48(70(49-27-22-43(23-28-49)40(2)3)60-18-12-16-54-52-14-8-10-20-62(52)72-66(54)60)35-46-38-64-58(34-42(46)6)56-32-33-57-59-37-45-26-31-51(36-47(45)39-65(59)75-69(57)68(56)74-64)71(50-29-24-44(25-30-50)41(4)5)61-19-13-17-55-53-15-9-11-21-63(53)73-67(55)61/h7-41H,1H2,2-6H3/b48-35+. The first-order chi connectivity index (χ1) is 36.7. The highest BCUT2D eigenvalue weighted by molar-refractivity contribution is 6.21. The largest absolute Gasteiger partial charge is 0.454 e. The summed E-state index contributed by atoms with van der Waals surface area (Å²) in [5.74, 6) is 0.820. The van der Waals surface area contributed by atoms with E-state index in [-0.39, 0.29) is 0 Å². The smallest absolute Gasteiger partial charge is 0.178 e. The van der Waals surface area contributed by atoms with E-state index in [9.17, 15) is 0 Å². The lowest BCUT2D eigenvalue weighted by Crippen LogP contribution is -2.15. The van der Waals surface area contributed by atoms with E-state index in [4.69, 9.17) is 17.7 Å². The van der Waals surface area contributed by atoms with Crippen LogP contribution in [0.3, 0.4) is 0 Å². The van der Waals surface area contributed by atoms with Gasteiger partial charge in [-0.25, -0.2) is 0 Å². The SMILES string of the molecule is C=C/C(=C\c1cc2oc3c(ccc4c5cc6ccc(N(c7ccc(C(C)C)cc7)c7cccc8c7oc7ccccc78)cc6cc5oc43)c2cc1C)N(c1ccc(C(C)C)cc1)c1cccc2c1oc1ccccc12. The Balaban J connectivity index is 0.882. The van der Waals surface area contributed by atoms with Crippen molar-refractivity contribution in [3.63, 3.8) is 0 Å². The minimum atomic E-state index is 0.403. The number of para-hydroxylation sites is 4. The summed E-state index contributed by atoms with van der Waals surface area (Å²) in [5, 5.41) is 10.6. The molecule has 0 aliphatic heterocycles. The third-order valence-electron chi connectivity index (χ3n) is 15.3. The lowest BCUT2D eigenvalue weighted by molar-refractivity contribution is 0.633. The Hall–Kier alpha value is -9.26. The molecule has 0 unspecified atom stereocenters. The topological polar surface area (TPSA) is 59.0 Å². The zero-order chi connectivity index (χ0) is 50.6. The number of allylic oxidation sites excluding steroid dienone is 1. The van der Waals surface area contributed by atoms with E-state index in [1.54, 1.807) is 0 Å². The average Bonchev–Trinajstić information content (AvgIpc) is 4.27. The van der Waals surface area contributed by atoms with Gasteiger partial charge in [0.1, 0.15) is 22.3 Å². The Labute approximate surface area is 433 Å². The van der Waals surface area contributed by atoms with E-state index < -0.39 is 0 Å². The van der Waals surface area contributed by atoms with Crippen LogP contribution < -0.4 is 9.80 Å². The van der Waals surface area contributed by atoms with Crippen LogP contribution in [0.1, 0.15) is 61.8 Å². The van der Waals surface area contributed by atoms with E-state index in [1.807, 2.05) is 30.3 Å². The quantitative estimate of drug-likeness (QED) is 0.127.